The summed E-state index contributed by atoms with van der Waals surface area (Å²) < 4.78 is 52.3. The summed E-state index contributed by atoms with van der Waals surface area (Å²) in [6.45, 7) is 5.91. The van der Waals surface area contributed by atoms with Crippen LogP contribution in [0.5, 0.6) is 5.75 Å². The van der Waals surface area contributed by atoms with Gasteiger partial charge >= 0.3 is 17.8 Å². The molecule has 3 rings (SSSR count). The first-order chi connectivity index (χ1) is 16.1. The zero-order chi connectivity index (χ0) is 25.0. The molecule has 7 nitrogen and oxygen atoms in total. The first-order valence-electron chi connectivity index (χ1n) is 11.5. The van der Waals surface area contributed by atoms with Gasteiger partial charge in [0.05, 0.1) is 12.2 Å². The van der Waals surface area contributed by atoms with Crippen LogP contribution in [0.15, 0.2) is 21.3 Å². The fourth-order valence-electron chi connectivity index (χ4n) is 4.17. The largest absolute Gasteiger partial charge is 0.493 e. The van der Waals surface area contributed by atoms with E-state index in [0.29, 0.717) is 61.5 Å². The number of nitrogens with one attached hydrogen (secondary N) is 1. The van der Waals surface area contributed by atoms with Gasteiger partial charge in [-0.15, -0.1) is 0 Å². The highest BCUT2D eigenvalue weighted by Gasteiger charge is 2.36. The number of hydrogen-bond acceptors (Lipinski definition) is 5. The van der Waals surface area contributed by atoms with Crippen LogP contribution in [0, 0.1) is 0 Å². The minimum absolute atomic E-state index is 0.0927. The van der Waals surface area contributed by atoms with Crippen molar-refractivity contribution in [2.24, 2.45) is 0 Å². The molecule has 1 aromatic carbocycles. The molecule has 2 aromatic rings. The van der Waals surface area contributed by atoms with Crippen LogP contribution in [0.1, 0.15) is 63.1 Å². The third-order valence-corrected chi connectivity index (χ3v) is 5.73. The number of unbranched alkanes of at least 4 members (excludes halogenated alkanes) is 1. The number of benzene rings is 1. The molecule has 1 aliphatic rings. The van der Waals surface area contributed by atoms with Crippen LogP contribution >= 0.6 is 0 Å². The molecule has 1 atom stereocenters. The van der Waals surface area contributed by atoms with E-state index >= 15 is 0 Å². The average molecular weight is 482 g/mol. The van der Waals surface area contributed by atoms with Gasteiger partial charge in [-0.3, -0.25) is 9.69 Å². The van der Waals surface area contributed by atoms with Crippen LogP contribution in [0.2, 0.25) is 0 Å². The molecule has 0 radical (unpaired) electrons. The first-order valence-corrected chi connectivity index (χ1v) is 11.5. The van der Waals surface area contributed by atoms with Crippen LogP contribution < -0.4 is 15.7 Å². The van der Waals surface area contributed by atoms with Crippen molar-refractivity contribution in [2.75, 3.05) is 13.2 Å². The van der Waals surface area contributed by atoms with E-state index in [4.69, 9.17) is 9.15 Å². The SMILES string of the molecule is CCCc1cc2c(C(F)(F)F)cc(=O)oc2c(CCC)c1OCCCCN1C(=O)NC(C)C1=O. The van der Waals surface area contributed by atoms with Crippen molar-refractivity contribution in [3.63, 3.8) is 0 Å². The molecule has 1 N–H and O–H groups in total. The van der Waals surface area contributed by atoms with E-state index in [1.54, 1.807) is 6.92 Å². The molecular weight excluding hydrogens is 453 g/mol. The number of hydrogen-bond donors (Lipinski definition) is 1. The van der Waals surface area contributed by atoms with E-state index < -0.39 is 29.4 Å². The minimum atomic E-state index is -4.69. The topological polar surface area (TPSA) is 88.8 Å². The summed E-state index contributed by atoms with van der Waals surface area (Å²) >= 11 is 0. The van der Waals surface area contributed by atoms with Crippen molar-refractivity contribution in [2.45, 2.75) is 71.5 Å². The summed E-state index contributed by atoms with van der Waals surface area (Å²) in [5.74, 6) is 0.175. The van der Waals surface area contributed by atoms with Crippen molar-refractivity contribution in [1.29, 1.82) is 0 Å². The molecule has 0 aliphatic carbocycles. The fraction of sp³-hybridized carbons (Fsp3) is 0.542. The summed E-state index contributed by atoms with van der Waals surface area (Å²) in [6.07, 6.45) is -1.47. The summed E-state index contributed by atoms with van der Waals surface area (Å²) in [7, 11) is 0. The standard InChI is InChI=1S/C24H29F3N2O5/c1-4-8-15-12-17-18(24(25,26)27)13-19(30)34-21(17)16(9-5-2)20(15)33-11-7-6-10-29-22(31)14(3)28-23(29)32/h12-14H,4-11H2,1-3H3,(H,28,32). The second-order valence-corrected chi connectivity index (χ2v) is 8.41. The Morgan fingerprint density at radius 1 is 1.09 bits per heavy atom. The number of imide groups is 1. The van der Waals surface area contributed by atoms with Gasteiger partial charge in [-0.05, 0) is 44.2 Å². The molecule has 1 aliphatic heterocycles. The van der Waals surface area contributed by atoms with Crippen LogP contribution in [-0.4, -0.2) is 36.0 Å². The number of halogens is 3. The van der Waals surface area contributed by atoms with Gasteiger partial charge < -0.3 is 14.5 Å². The fourth-order valence-corrected chi connectivity index (χ4v) is 4.17. The molecule has 2 heterocycles. The van der Waals surface area contributed by atoms with Crippen molar-refractivity contribution in [1.82, 2.24) is 10.2 Å². The minimum Gasteiger partial charge on any atom is -0.493 e. The van der Waals surface area contributed by atoms with Crippen LogP contribution in [-0.2, 0) is 23.8 Å². The second-order valence-electron chi connectivity index (χ2n) is 8.41. The smallest absolute Gasteiger partial charge is 0.417 e. The molecule has 0 saturated carbocycles. The quantitative estimate of drug-likeness (QED) is 0.298. The molecule has 10 heteroatoms. The Bertz CT molecular complexity index is 1130. The molecule has 1 aromatic heterocycles. The van der Waals surface area contributed by atoms with Gasteiger partial charge in [0.1, 0.15) is 17.4 Å². The monoisotopic (exact) mass is 482 g/mol. The maximum absolute atomic E-state index is 13.7. The summed E-state index contributed by atoms with van der Waals surface area (Å²) in [5, 5.41) is 2.41. The predicted octanol–water partition coefficient (Wildman–Crippen LogP) is 4.82. The van der Waals surface area contributed by atoms with Gasteiger partial charge in [0.2, 0.25) is 0 Å². The molecule has 3 amide bonds. The third-order valence-electron chi connectivity index (χ3n) is 5.73. The highest BCUT2D eigenvalue weighted by Crippen LogP contribution is 2.40. The van der Waals surface area contributed by atoms with E-state index in [2.05, 4.69) is 5.32 Å². The number of aryl methyl sites for hydroxylation is 2. The third kappa shape index (κ3) is 5.37. The number of fused-ring (bicyclic) bond motifs is 1. The molecular formula is C24H29F3N2O5. The Morgan fingerprint density at radius 3 is 2.38 bits per heavy atom. The Hall–Kier alpha value is -3.04. The Kier molecular flexibility index (Phi) is 7.89. The average Bonchev–Trinajstić information content (AvgIpc) is 3.00. The van der Waals surface area contributed by atoms with E-state index in [0.717, 1.165) is 0 Å². The maximum Gasteiger partial charge on any atom is 0.417 e. The molecule has 1 saturated heterocycles. The number of alkyl halides is 3. The summed E-state index contributed by atoms with van der Waals surface area (Å²) in [5.41, 5.74) is -1.09. The zero-order valence-electron chi connectivity index (χ0n) is 19.5. The molecule has 34 heavy (non-hydrogen) atoms. The van der Waals surface area contributed by atoms with Crippen LogP contribution in [0.3, 0.4) is 0 Å². The van der Waals surface area contributed by atoms with Gasteiger partial charge in [-0.25, -0.2) is 9.59 Å². The lowest BCUT2D eigenvalue weighted by molar-refractivity contribution is -0.136. The molecule has 1 unspecified atom stereocenters. The molecule has 0 spiro atoms. The normalized spacial score (nSPS) is 16.4. The predicted molar refractivity (Wildman–Crippen MR) is 120 cm³/mol. The summed E-state index contributed by atoms with van der Waals surface area (Å²) in [4.78, 5) is 36.9. The van der Waals surface area contributed by atoms with Crippen molar-refractivity contribution in [3.05, 3.63) is 39.2 Å². The van der Waals surface area contributed by atoms with Crippen LogP contribution in [0.25, 0.3) is 11.0 Å². The number of nitrogens with zero attached hydrogens (tertiary/aromatic N) is 1. The highest BCUT2D eigenvalue weighted by atomic mass is 19.4. The summed E-state index contributed by atoms with van der Waals surface area (Å²) in [6, 6.07) is 0.947. The Balaban J connectivity index is 1.87. The van der Waals surface area contributed by atoms with Gasteiger partial charge in [-0.2, -0.15) is 13.2 Å². The number of carbonyl (C=O) groups excluding carboxylic acids is 2. The first kappa shape index (κ1) is 25.6. The van der Waals surface area contributed by atoms with Crippen molar-refractivity contribution < 1.29 is 31.9 Å². The van der Waals surface area contributed by atoms with E-state index in [-0.39, 0.29) is 30.0 Å². The van der Waals surface area contributed by atoms with Crippen molar-refractivity contribution >= 4 is 22.9 Å². The number of carbonyl (C=O) groups is 2. The maximum atomic E-state index is 13.7. The lowest BCUT2D eigenvalue weighted by atomic mass is 9.96. The van der Waals surface area contributed by atoms with E-state index in [9.17, 15) is 27.6 Å². The molecule has 1 fully saturated rings. The number of rotatable bonds is 10. The Morgan fingerprint density at radius 2 is 1.79 bits per heavy atom. The van der Waals surface area contributed by atoms with Gasteiger partial charge in [0, 0.05) is 23.6 Å². The number of amides is 3. The highest BCUT2D eigenvalue weighted by molar-refractivity contribution is 6.03. The molecule has 0 bridgehead atoms. The second kappa shape index (κ2) is 10.5. The Labute approximate surface area is 195 Å². The number of urea groups is 1. The van der Waals surface area contributed by atoms with Gasteiger partial charge in [0.15, 0.2) is 0 Å². The van der Waals surface area contributed by atoms with Gasteiger partial charge in [-0.1, -0.05) is 26.7 Å². The van der Waals surface area contributed by atoms with E-state index in [1.807, 2.05) is 13.8 Å². The van der Waals surface area contributed by atoms with E-state index in [1.165, 1.54) is 11.0 Å². The van der Waals surface area contributed by atoms with Crippen LogP contribution in [0.4, 0.5) is 18.0 Å². The number of ether oxygens (including phenoxy) is 1. The lowest BCUT2D eigenvalue weighted by Gasteiger charge is -2.19. The van der Waals surface area contributed by atoms with Crippen molar-refractivity contribution in [3.8, 4) is 5.75 Å². The van der Waals surface area contributed by atoms with Gasteiger partial charge in [0.25, 0.3) is 5.91 Å². The zero-order valence-corrected chi connectivity index (χ0v) is 19.5. The molecule has 186 valence electrons. The lowest BCUT2D eigenvalue weighted by Crippen LogP contribution is -2.32.